The van der Waals surface area contributed by atoms with Gasteiger partial charge in [0.15, 0.2) is 0 Å². The highest BCUT2D eigenvalue weighted by Crippen LogP contribution is 2.22. The Hall–Kier alpha value is -2.29. The smallest absolute Gasteiger partial charge is 0.130 e. The zero-order valence-electron chi connectivity index (χ0n) is 9.17. The van der Waals surface area contributed by atoms with Gasteiger partial charge in [-0.25, -0.2) is 0 Å². The van der Waals surface area contributed by atoms with E-state index in [1.165, 1.54) is 0 Å². The van der Waals surface area contributed by atoms with Gasteiger partial charge >= 0.3 is 0 Å². The fourth-order valence-corrected chi connectivity index (χ4v) is 1.67. The van der Waals surface area contributed by atoms with E-state index in [2.05, 4.69) is 4.98 Å². The fourth-order valence-electron chi connectivity index (χ4n) is 1.67. The predicted molar refractivity (Wildman–Crippen MR) is 64.8 cm³/mol. The van der Waals surface area contributed by atoms with Crippen LogP contribution in [0.5, 0.6) is 5.75 Å². The van der Waals surface area contributed by atoms with Crippen molar-refractivity contribution in [3.63, 3.8) is 0 Å². The van der Waals surface area contributed by atoms with Gasteiger partial charge in [-0.1, -0.05) is 6.07 Å². The van der Waals surface area contributed by atoms with Gasteiger partial charge in [-0.05, 0) is 30.3 Å². The molecular weight excluding hydrogens is 214 g/mol. The molecule has 3 rings (SSSR count). The summed E-state index contributed by atoms with van der Waals surface area (Å²) in [5.74, 6) is 0.824. The van der Waals surface area contributed by atoms with Crippen molar-refractivity contribution >= 4 is 10.8 Å². The van der Waals surface area contributed by atoms with Crippen molar-refractivity contribution in [3.8, 4) is 5.75 Å². The van der Waals surface area contributed by atoms with Gasteiger partial charge in [0.2, 0.25) is 0 Å². The topological polar surface area (TPSA) is 35.3 Å². The van der Waals surface area contributed by atoms with Crippen LogP contribution in [0.3, 0.4) is 0 Å². The molecule has 0 bridgehead atoms. The molecule has 84 valence electrons. The Morgan fingerprint density at radius 2 is 2.00 bits per heavy atom. The van der Waals surface area contributed by atoms with Gasteiger partial charge in [0.25, 0.3) is 0 Å². The molecule has 0 aliphatic heterocycles. The molecular formula is C14H11NO2. The summed E-state index contributed by atoms with van der Waals surface area (Å²) in [5.41, 5.74) is 0.916. The molecule has 0 atom stereocenters. The normalized spacial score (nSPS) is 10.6. The first kappa shape index (κ1) is 9.90. The predicted octanol–water partition coefficient (Wildman–Crippen LogP) is 3.41. The summed E-state index contributed by atoms with van der Waals surface area (Å²) in [7, 11) is 0. The Morgan fingerprint density at radius 3 is 2.88 bits per heavy atom. The molecule has 2 heterocycles. The summed E-state index contributed by atoms with van der Waals surface area (Å²) < 4.78 is 10.8. The highest BCUT2D eigenvalue weighted by Gasteiger charge is 2.00. The second-order valence-corrected chi connectivity index (χ2v) is 3.77. The van der Waals surface area contributed by atoms with E-state index in [1.807, 2.05) is 36.4 Å². The van der Waals surface area contributed by atoms with Gasteiger partial charge in [-0.3, -0.25) is 4.98 Å². The van der Waals surface area contributed by atoms with Gasteiger partial charge in [-0.2, -0.15) is 0 Å². The summed E-state index contributed by atoms with van der Waals surface area (Å²) in [5, 5.41) is 2.12. The minimum Gasteiger partial charge on any atom is -0.487 e. The van der Waals surface area contributed by atoms with Crippen molar-refractivity contribution in [2.45, 2.75) is 6.61 Å². The molecule has 2 aromatic heterocycles. The third-order valence-corrected chi connectivity index (χ3v) is 2.56. The molecule has 0 aliphatic rings. The van der Waals surface area contributed by atoms with Crippen LogP contribution >= 0.6 is 0 Å². The molecule has 0 fully saturated rings. The number of fused-ring (bicyclic) bond motifs is 1. The lowest BCUT2D eigenvalue weighted by atomic mass is 10.2. The molecule has 0 saturated heterocycles. The second-order valence-electron chi connectivity index (χ2n) is 3.77. The maximum Gasteiger partial charge on any atom is 0.130 e. The van der Waals surface area contributed by atoms with Crippen LogP contribution < -0.4 is 4.74 Å². The average Bonchev–Trinajstić information content (AvgIpc) is 2.85. The minimum atomic E-state index is 0.476. The highest BCUT2D eigenvalue weighted by atomic mass is 16.5. The number of hydrogen-bond acceptors (Lipinski definition) is 3. The number of pyridine rings is 1. The van der Waals surface area contributed by atoms with Crippen LogP contribution in [0.4, 0.5) is 0 Å². The first-order chi connectivity index (χ1) is 8.42. The zero-order valence-corrected chi connectivity index (χ0v) is 9.17. The molecule has 0 radical (unpaired) electrons. The molecule has 0 aliphatic carbocycles. The van der Waals surface area contributed by atoms with Crippen molar-refractivity contribution in [1.82, 2.24) is 4.98 Å². The molecule has 0 N–H and O–H groups in total. The maximum absolute atomic E-state index is 5.67. The summed E-state index contributed by atoms with van der Waals surface area (Å²) >= 11 is 0. The van der Waals surface area contributed by atoms with Gasteiger partial charge in [0.1, 0.15) is 12.4 Å². The first-order valence-corrected chi connectivity index (χ1v) is 5.40. The van der Waals surface area contributed by atoms with Crippen LogP contribution in [0.2, 0.25) is 0 Å². The van der Waals surface area contributed by atoms with Crippen LogP contribution in [0.15, 0.2) is 59.5 Å². The molecule has 3 heteroatoms. The van der Waals surface area contributed by atoms with E-state index >= 15 is 0 Å². The number of rotatable bonds is 3. The Morgan fingerprint density at radius 1 is 1.06 bits per heavy atom. The van der Waals surface area contributed by atoms with Crippen molar-refractivity contribution in [1.29, 1.82) is 0 Å². The summed E-state index contributed by atoms with van der Waals surface area (Å²) in [4.78, 5) is 4.20. The van der Waals surface area contributed by atoms with E-state index in [9.17, 15) is 0 Å². The molecule has 1 aromatic carbocycles. The largest absolute Gasteiger partial charge is 0.487 e. The molecule has 0 unspecified atom stereocenters. The number of furan rings is 1. The van der Waals surface area contributed by atoms with Crippen LogP contribution in [-0.2, 0) is 6.61 Å². The van der Waals surface area contributed by atoms with E-state index in [1.54, 1.807) is 18.7 Å². The Bertz CT molecular complexity index is 616. The van der Waals surface area contributed by atoms with E-state index in [0.29, 0.717) is 6.61 Å². The van der Waals surface area contributed by atoms with Crippen molar-refractivity contribution in [2.24, 2.45) is 0 Å². The van der Waals surface area contributed by atoms with Gasteiger partial charge in [0, 0.05) is 17.0 Å². The third kappa shape index (κ3) is 2.13. The van der Waals surface area contributed by atoms with E-state index in [-0.39, 0.29) is 0 Å². The van der Waals surface area contributed by atoms with E-state index in [4.69, 9.17) is 9.15 Å². The SMILES string of the molecule is c1ccc(COc2ccc3cocc3c2)nc1. The maximum atomic E-state index is 5.67. The number of hydrogen-bond donors (Lipinski definition) is 0. The van der Waals surface area contributed by atoms with Crippen LogP contribution in [0, 0.1) is 0 Å². The molecule has 0 saturated carbocycles. The highest BCUT2D eigenvalue weighted by molar-refractivity contribution is 5.82. The van der Waals surface area contributed by atoms with Gasteiger partial charge in [-0.15, -0.1) is 0 Å². The number of nitrogens with zero attached hydrogens (tertiary/aromatic N) is 1. The number of ether oxygens (including phenoxy) is 1. The Balaban J connectivity index is 1.76. The Kier molecular flexibility index (Phi) is 2.50. The zero-order chi connectivity index (χ0) is 11.5. The molecule has 17 heavy (non-hydrogen) atoms. The van der Waals surface area contributed by atoms with Crippen LogP contribution in [-0.4, -0.2) is 4.98 Å². The molecule has 3 aromatic rings. The second kappa shape index (κ2) is 4.29. The van der Waals surface area contributed by atoms with E-state index in [0.717, 1.165) is 22.2 Å². The van der Waals surface area contributed by atoms with Crippen molar-refractivity contribution in [3.05, 3.63) is 60.8 Å². The molecule has 3 nitrogen and oxygen atoms in total. The fraction of sp³-hybridized carbons (Fsp3) is 0.0714. The molecule has 0 spiro atoms. The third-order valence-electron chi connectivity index (χ3n) is 2.56. The monoisotopic (exact) mass is 225 g/mol. The van der Waals surface area contributed by atoms with Crippen LogP contribution in [0.1, 0.15) is 5.69 Å². The Labute approximate surface area is 98.7 Å². The van der Waals surface area contributed by atoms with Crippen molar-refractivity contribution in [2.75, 3.05) is 0 Å². The summed E-state index contributed by atoms with van der Waals surface area (Å²) in [6.45, 7) is 0.476. The van der Waals surface area contributed by atoms with E-state index < -0.39 is 0 Å². The lowest BCUT2D eigenvalue weighted by Crippen LogP contribution is -1.97. The van der Waals surface area contributed by atoms with Crippen LogP contribution in [0.25, 0.3) is 10.8 Å². The lowest BCUT2D eigenvalue weighted by Gasteiger charge is -2.05. The lowest BCUT2D eigenvalue weighted by molar-refractivity contribution is 0.302. The standard InChI is InChI=1S/C14H11NO2/c1-2-6-15-13(3-1)10-17-14-5-4-11-8-16-9-12(11)7-14/h1-9H,10H2. The first-order valence-electron chi connectivity index (χ1n) is 5.40. The average molecular weight is 225 g/mol. The van der Waals surface area contributed by atoms with Crippen molar-refractivity contribution < 1.29 is 9.15 Å². The summed E-state index contributed by atoms with van der Waals surface area (Å²) in [6, 6.07) is 11.7. The number of aromatic nitrogens is 1. The minimum absolute atomic E-state index is 0.476. The molecule has 0 amide bonds. The van der Waals surface area contributed by atoms with Gasteiger partial charge < -0.3 is 9.15 Å². The number of benzene rings is 1. The quantitative estimate of drug-likeness (QED) is 0.685. The summed E-state index contributed by atoms with van der Waals surface area (Å²) in [6.07, 6.45) is 5.19. The van der Waals surface area contributed by atoms with Gasteiger partial charge in [0.05, 0.1) is 18.2 Å².